The van der Waals surface area contributed by atoms with Gasteiger partial charge in [-0.1, -0.05) is 0 Å². The van der Waals surface area contributed by atoms with Gasteiger partial charge in [0.1, 0.15) is 29.4 Å². The molecule has 0 aliphatic heterocycles. The van der Waals surface area contributed by atoms with Crippen LogP contribution in [-0.2, 0) is 9.63 Å². The molecule has 5 N–H and O–H groups in total. The Labute approximate surface area is 96.0 Å². The number of rotatable bonds is 5. The first-order chi connectivity index (χ1) is 7.95. The molecule has 17 heavy (non-hydrogen) atoms. The van der Waals surface area contributed by atoms with Crippen LogP contribution in [-0.4, -0.2) is 33.5 Å². The van der Waals surface area contributed by atoms with E-state index in [4.69, 9.17) is 5.11 Å². The zero-order valence-electron chi connectivity index (χ0n) is 8.71. The van der Waals surface area contributed by atoms with Gasteiger partial charge in [0.2, 0.25) is 0 Å². The lowest BCUT2D eigenvalue weighted by Gasteiger charge is -2.06. The molecule has 92 valence electrons. The molecular weight excluding hydrogens is 230 g/mol. The van der Waals surface area contributed by atoms with E-state index in [2.05, 4.69) is 10.7 Å². The van der Waals surface area contributed by atoms with Crippen molar-refractivity contribution in [2.24, 2.45) is 5.90 Å². The number of carbonyl (C=O) groups excluding carboxylic acids is 2. The van der Waals surface area contributed by atoms with Crippen LogP contribution >= 0.6 is 0 Å². The first-order valence-electron chi connectivity index (χ1n) is 4.57. The third-order valence-electron chi connectivity index (χ3n) is 1.96. The summed E-state index contributed by atoms with van der Waals surface area (Å²) in [4.78, 5) is 26.7. The van der Waals surface area contributed by atoms with Gasteiger partial charge >= 0.3 is 0 Å². The van der Waals surface area contributed by atoms with Crippen LogP contribution in [0.2, 0.25) is 0 Å². The third kappa shape index (κ3) is 3.16. The van der Waals surface area contributed by atoms with Crippen molar-refractivity contribution in [2.45, 2.75) is 6.42 Å². The number of Topliss-reactive ketones (excluding diaryl/α,β-unsaturated/α-hetero) is 2. The van der Waals surface area contributed by atoms with Gasteiger partial charge in [-0.05, 0) is 0 Å². The summed E-state index contributed by atoms with van der Waals surface area (Å²) in [5.74, 6) is 1.68. The van der Waals surface area contributed by atoms with Gasteiger partial charge in [-0.25, -0.2) is 5.90 Å². The minimum atomic E-state index is -0.790. The van der Waals surface area contributed by atoms with Gasteiger partial charge in [0, 0.05) is 12.1 Å². The van der Waals surface area contributed by atoms with E-state index in [0.29, 0.717) is 0 Å². The minimum Gasteiger partial charge on any atom is -0.508 e. The number of benzene rings is 1. The summed E-state index contributed by atoms with van der Waals surface area (Å²) in [6, 6.07) is 1.77. The molecule has 0 fully saturated rings. The van der Waals surface area contributed by atoms with Gasteiger partial charge in [0.25, 0.3) is 0 Å². The predicted octanol–water partition coefficient (Wildman–Crippen LogP) is -0.164. The van der Waals surface area contributed by atoms with Gasteiger partial charge < -0.3 is 15.3 Å². The monoisotopic (exact) mass is 241 g/mol. The highest BCUT2D eigenvalue weighted by Gasteiger charge is 2.20. The molecule has 0 unspecified atom stereocenters. The Bertz CT molecular complexity index is 433. The Morgan fingerprint density at radius 3 is 2.18 bits per heavy atom. The summed E-state index contributed by atoms with van der Waals surface area (Å²) in [6.07, 6.45) is -0.566. The van der Waals surface area contributed by atoms with Crippen molar-refractivity contribution >= 4 is 11.6 Å². The van der Waals surface area contributed by atoms with Gasteiger partial charge in [-0.15, -0.1) is 0 Å². The molecule has 0 amide bonds. The molecule has 0 saturated heterocycles. The van der Waals surface area contributed by atoms with Crippen LogP contribution in [0.15, 0.2) is 12.1 Å². The maximum absolute atomic E-state index is 11.6. The smallest absolute Gasteiger partial charge is 0.177 e. The molecular formula is C10H11NO6. The number of phenols is 3. The van der Waals surface area contributed by atoms with Crippen LogP contribution in [0.25, 0.3) is 0 Å². The lowest BCUT2D eigenvalue weighted by atomic mass is 10.0. The van der Waals surface area contributed by atoms with Crippen LogP contribution < -0.4 is 5.90 Å². The molecule has 0 aliphatic rings. The Kier molecular flexibility index (Phi) is 4.02. The van der Waals surface area contributed by atoms with Crippen LogP contribution in [0.4, 0.5) is 0 Å². The number of ketones is 2. The highest BCUT2D eigenvalue weighted by atomic mass is 16.6. The number of phenolic OH excluding ortho intramolecular Hbond substituents is 3. The molecule has 0 aromatic heterocycles. The van der Waals surface area contributed by atoms with E-state index in [1.807, 2.05) is 0 Å². The summed E-state index contributed by atoms with van der Waals surface area (Å²) >= 11 is 0. The molecule has 1 rings (SSSR count). The molecule has 1 aromatic carbocycles. The average molecular weight is 241 g/mol. The Hall–Kier alpha value is -2.12. The number of hydrogen-bond acceptors (Lipinski definition) is 7. The highest BCUT2D eigenvalue weighted by Crippen LogP contribution is 2.32. The molecule has 1 aromatic rings. The van der Waals surface area contributed by atoms with E-state index in [9.17, 15) is 19.8 Å². The fourth-order valence-electron chi connectivity index (χ4n) is 1.29. The lowest BCUT2D eigenvalue weighted by Crippen LogP contribution is -2.16. The van der Waals surface area contributed by atoms with Crippen molar-refractivity contribution < 1.29 is 29.7 Å². The largest absolute Gasteiger partial charge is 0.508 e. The first-order valence-corrected chi connectivity index (χ1v) is 4.57. The topological polar surface area (TPSA) is 130 Å². The van der Waals surface area contributed by atoms with E-state index in [1.54, 1.807) is 0 Å². The molecule has 0 atom stereocenters. The SMILES string of the molecule is NOCC(=O)CC(=O)c1c(O)cc(O)cc1O. The van der Waals surface area contributed by atoms with E-state index >= 15 is 0 Å². The van der Waals surface area contributed by atoms with Crippen molar-refractivity contribution in [3.05, 3.63) is 17.7 Å². The van der Waals surface area contributed by atoms with E-state index in [0.717, 1.165) is 12.1 Å². The van der Waals surface area contributed by atoms with Gasteiger partial charge in [0.15, 0.2) is 11.6 Å². The zero-order valence-corrected chi connectivity index (χ0v) is 8.71. The number of nitrogens with two attached hydrogens (primary N) is 1. The molecule has 7 nitrogen and oxygen atoms in total. The molecule has 7 heteroatoms. The Morgan fingerprint density at radius 1 is 1.18 bits per heavy atom. The van der Waals surface area contributed by atoms with E-state index < -0.39 is 47.4 Å². The summed E-state index contributed by atoms with van der Waals surface area (Å²) < 4.78 is 0. The molecule has 0 heterocycles. The van der Waals surface area contributed by atoms with Gasteiger partial charge in [0.05, 0.1) is 6.42 Å². The maximum Gasteiger partial charge on any atom is 0.177 e. The average Bonchev–Trinajstić information content (AvgIpc) is 2.15. The number of carbonyl (C=O) groups is 2. The first kappa shape index (κ1) is 12.9. The van der Waals surface area contributed by atoms with Gasteiger partial charge in [-0.2, -0.15) is 0 Å². The fourth-order valence-corrected chi connectivity index (χ4v) is 1.29. The Morgan fingerprint density at radius 2 is 1.71 bits per heavy atom. The summed E-state index contributed by atoms with van der Waals surface area (Å²) in [6.45, 7) is -0.439. The third-order valence-corrected chi connectivity index (χ3v) is 1.96. The lowest BCUT2D eigenvalue weighted by molar-refractivity contribution is -0.122. The molecule has 0 aliphatic carbocycles. The summed E-state index contributed by atoms with van der Waals surface area (Å²) in [5.41, 5.74) is -0.423. The molecule has 0 saturated carbocycles. The van der Waals surface area contributed by atoms with E-state index in [1.165, 1.54) is 0 Å². The van der Waals surface area contributed by atoms with E-state index in [-0.39, 0.29) is 0 Å². The second kappa shape index (κ2) is 5.28. The van der Waals surface area contributed by atoms with Crippen LogP contribution in [0.1, 0.15) is 16.8 Å². The fraction of sp³-hybridized carbons (Fsp3) is 0.200. The highest BCUT2D eigenvalue weighted by molar-refractivity contribution is 6.11. The quantitative estimate of drug-likeness (QED) is 0.320. The van der Waals surface area contributed by atoms with Crippen molar-refractivity contribution in [3.63, 3.8) is 0 Å². The number of hydrogen-bond donors (Lipinski definition) is 4. The minimum absolute atomic E-state index is 0.395. The molecule has 0 spiro atoms. The zero-order chi connectivity index (χ0) is 13.0. The van der Waals surface area contributed by atoms with Crippen LogP contribution in [0.5, 0.6) is 17.2 Å². The molecule has 0 bridgehead atoms. The maximum atomic E-state index is 11.6. The van der Waals surface area contributed by atoms with Crippen LogP contribution in [0, 0.1) is 0 Å². The van der Waals surface area contributed by atoms with Crippen LogP contribution in [0.3, 0.4) is 0 Å². The second-order valence-corrected chi connectivity index (χ2v) is 3.31. The Balaban J connectivity index is 2.93. The van der Waals surface area contributed by atoms with Crippen molar-refractivity contribution in [1.29, 1.82) is 0 Å². The second-order valence-electron chi connectivity index (χ2n) is 3.31. The normalized spacial score (nSPS) is 10.2. The van der Waals surface area contributed by atoms with Crippen molar-refractivity contribution in [1.82, 2.24) is 0 Å². The standard InChI is InChI=1S/C10H11NO6/c11-17-4-6(13)3-9(16)10-7(14)1-5(12)2-8(10)15/h1-2,12,14-15H,3-4,11H2. The van der Waals surface area contributed by atoms with Gasteiger partial charge in [-0.3, -0.25) is 14.4 Å². The predicted molar refractivity (Wildman–Crippen MR) is 55.5 cm³/mol. The molecule has 0 radical (unpaired) electrons. The number of aromatic hydroxyl groups is 3. The van der Waals surface area contributed by atoms with Crippen molar-refractivity contribution in [3.8, 4) is 17.2 Å². The van der Waals surface area contributed by atoms with Crippen molar-refractivity contribution in [2.75, 3.05) is 6.61 Å². The summed E-state index contributed by atoms with van der Waals surface area (Å²) in [5, 5.41) is 27.8. The summed E-state index contributed by atoms with van der Waals surface area (Å²) in [7, 11) is 0.